The summed E-state index contributed by atoms with van der Waals surface area (Å²) in [7, 11) is 0. The van der Waals surface area contributed by atoms with Crippen LogP contribution in [0.5, 0.6) is 0 Å². The summed E-state index contributed by atoms with van der Waals surface area (Å²) in [6.07, 6.45) is 2.89. The second kappa shape index (κ2) is 3.61. The van der Waals surface area contributed by atoms with Gasteiger partial charge < -0.3 is 15.3 Å². The number of fused-ring (bicyclic) bond motifs is 3. The average Bonchev–Trinajstić information content (AvgIpc) is 2.68. The summed E-state index contributed by atoms with van der Waals surface area (Å²) >= 11 is 0. The van der Waals surface area contributed by atoms with Gasteiger partial charge in [0.2, 0.25) is 0 Å². The van der Waals surface area contributed by atoms with Crippen LogP contribution >= 0.6 is 0 Å². The minimum Gasteiger partial charge on any atom is -0.392 e. The van der Waals surface area contributed by atoms with Gasteiger partial charge in [0.15, 0.2) is 0 Å². The minimum absolute atomic E-state index is 0.0806. The lowest BCUT2D eigenvalue weighted by molar-refractivity contribution is -0.109. The normalized spacial score (nSPS) is 60.6. The lowest BCUT2D eigenvalue weighted by Gasteiger charge is -2.49. The number of hydrogen-bond donors (Lipinski definition) is 3. The van der Waals surface area contributed by atoms with Crippen molar-refractivity contribution < 1.29 is 15.3 Å². The molecule has 0 bridgehead atoms. The summed E-state index contributed by atoms with van der Waals surface area (Å²) in [5.41, 5.74) is -2.30. The second-order valence-corrected chi connectivity index (χ2v) is 9.10. The average molecular weight is 282 g/mol. The molecule has 0 heterocycles. The Hall–Kier alpha value is -0.120. The molecule has 0 aliphatic heterocycles. The largest absolute Gasteiger partial charge is 0.392 e. The molecule has 0 radical (unpaired) electrons. The molecule has 0 aromatic heterocycles. The summed E-state index contributed by atoms with van der Waals surface area (Å²) < 4.78 is 0. The topological polar surface area (TPSA) is 60.7 Å². The standard InChI is InChI=1S/C17H30O3/c1-6-14(4)12(18)8-17(20)10-16(19)9-13(2,3)7-11(16)15(14,17)5/h11-12,18-20H,6-10H2,1-5H3. The molecule has 0 aromatic rings. The van der Waals surface area contributed by atoms with Gasteiger partial charge in [-0.25, -0.2) is 0 Å². The molecule has 20 heavy (non-hydrogen) atoms. The molecule has 3 heteroatoms. The van der Waals surface area contributed by atoms with Gasteiger partial charge in [-0.3, -0.25) is 0 Å². The van der Waals surface area contributed by atoms with E-state index in [9.17, 15) is 15.3 Å². The molecule has 3 nitrogen and oxygen atoms in total. The summed E-state index contributed by atoms with van der Waals surface area (Å²) in [5, 5.41) is 33.0. The fourth-order valence-corrected chi connectivity index (χ4v) is 6.42. The molecule has 3 aliphatic carbocycles. The van der Waals surface area contributed by atoms with E-state index in [0.29, 0.717) is 12.8 Å². The number of rotatable bonds is 1. The van der Waals surface area contributed by atoms with Crippen molar-refractivity contribution in [1.29, 1.82) is 0 Å². The third-order valence-corrected chi connectivity index (χ3v) is 7.64. The molecule has 3 aliphatic rings. The van der Waals surface area contributed by atoms with E-state index in [4.69, 9.17) is 0 Å². The Balaban J connectivity index is 2.14. The molecule has 0 aromatic carbocycles. The molecule has 6 unspecified atom stereocenters. The summed E-state index contributed by atoms with van der Waals surface area (Å²) in [6.45, 7) is 10.7. The third-order valence-electron chi connectivity index (χ3n) is 7.64. The van der Waals surface area contributed by atoms with Gasteiger partial charge in [-0.15, -0.1) is 0 Å². The Kier molecular flexibility index (Phi) is 2.67. The molecule has 0 saturated heterocycles. The van der Waals surface area contributed by atoms with Crippen LogP contribution in [0.4, 0.5) is 0 Å². The Morgan fingerprint density at radius 2 is 1.60 bits per heavy atom. The first-order chi connectivity index (χ1) is 8.94. The van der Waals surface area contributed by atoms with E-state index in [1.807, 2.05) is 0 Å². The van der Waals surface area contributed by atoms with E-state index in [1.54, 1.807) is 0 Å². The van der Waals surface area contributed by atoms with E-state index in [-0.39, 0.29) is 16.7 Å². The highest BCUT2D eigenvalue weighted by molar-refractivity contribution is 5.28. The fourth-order valence-electron chi connectivity index (χ4n) is 6.42. The van der Waals surface area contributed by atoms with Crippen LogP contribution < -0.4 is 0 Å². The Morgan fingerprint density at radius 1 is 1.00 bits per heavy atom. The molecule has 6 atom stereocenters. The molecule has 0 spiro atoms. The monoisotopic (exact) mass is 282 g/mol. The van der Waals surface area contributed by atoms with Gasteiger partial charge in [0.05, 0.1) is 17.3 Å². The van der Waals surface area contributed by atoms with Crippen LogP contribution in [0, 0.1) is 22.2 Å². The highest BCUT2D eigenvalue weighted by Gasteiger charge is 2.79. The van der Waals surface area contributed by atoms with E-state index in [2.05, 4.69) is 34.6 Å². The molecular formula is C17H30O3. The lowest BCUT2D eigenvalue weighted by atomic mass is 9.57. The van der Waals surface area contributed by atoms with Gasteiger partial charge >= 0.3 is 0 Å². The Bertz CT molecular complexity index is 448. The lowest BCUT2D eigenvalue weighted by Crippen LogP contribution is -2.50. The van der Waals surface area contributed by atoms with Crippen molar-refractivity contribution in [2.45, 2.75) is 84.0 Å². The van der Waals surface area contributed by atoms with Crippen molar-refractivity contribution in [3.8, 4) is 0 Å². The quantitative estimate of drug-likeness (QED) is 0.692. The highest BCUT2D eigenvalue weighted by Crippen LogP contribution is 2.76. The predicted octanol–water partition coefficient (Wildman–Crippen LogP) is 2.48. The van der Waals surface area contributed by atoms with Crippen molar-refractivity contribution in [3.05, 3.63) is 0 Å². The van der Waals surface area contributed by atoms with Crippen LogP contribution in [0.3, 0.4) is 0 Å². The molecular weight excluding hydrogens is 252 g/mol. The van der Waals surface area contributed by atoms with Gasteiger partial charge in [0.1, 0.15) is 0 Å². The van der Waals surface area contributed by atoms with Gasteiger partial charge in [-0.05, 0) is 30.6 Å². The minimum atomic E-state index is -0.924. The van der Waals surface area contributed by atoms with E-state index in [0.717, 1.165) is 19.3 Å². The molecule has 3 N–H and O–H groups in total. The fraction of sp³-hybridized carbons (Fsp3) is 1.00. The maximum Gasteiger partial charge on any atom is 0.0763 e. The van der Waals surface area contributed by atoms with Crippen LogP contribution in [0.25, 0.3) is 0 Å². The first-order valence-corrected chi connectivity index (χ1v) is 8.07. The highest BCUT2D eigenvalue weighted by atomic mass is 16.3. The van der Waals surface area contributed by atoms with Crippen molar-refractivity contribution in [3.63, 3.8) is 0 Å². The molecule has 116 valence electrons. The first kappa shape index (κ1) is 14.8. The SMILES string of the molecule is CCC1(C)C(O)CC2(O)CC3(O)CC(C)(C)CC3C21C. The van der Waals surface area contributed by atoms with Crippen LogP contribution in [-0.2, 0) is 0 Å². The van der Waals surface area contributed by atoms with Crippen LogP contribution in [0.15, 0.2) is 0 Å². The Morgan fingerprint density at radius 3 is 2.15 bits per heavy atom. The van der Waals surface area contributed by atoms with Gasteiger partial charge in [-0.1, -0.05) is 34.6 Å². The van der Waals surface area contributed by atoms with E-state index >= 15 is 0 Å². The number of aliphatic hydroxyl groups excluding tert-OH is 1. The van der Waals surface area contributed by atoms with Crippen molar-refractivity contribution in [2.24, 2.45) is 22.2 Å². The third kappa shape index (κ3) is 1.37. The van der Waals surface area contributed by atoms with Crippen LogP contribution in [0.1, 0.15) is 66.7 Å². The molecule has 0 amide bonds. The van der Waals surface area contributed by atoms with E-state index < -0.39 is 22.7 Å². The summed E-state index contributed by atoms with van der Waals surface area (Å²) in [5.74, 6) is 0.0806. The number of hydrogen-bond acceptors (Lipinski definition) is 3. The van der Waals surface area contributed by atoms with Crippen molar-refractivity contribution in [2.75, 3.05) is 0 Å². The Labute approximate surface area is 122 Å². The molecule has 3 saturated carbocycles. The summed E-state index contributed by atoms with van der Waals surface area (Å²) in [4.78, 5) is 0. The molecule has 3 rings (SSSR count). The maximum absolute atomic E-state index is 11.2. The van der Waals surface area contributed by atoms with Gasteiger partial charge in [-0.2, -0.15) is 0 Å². The van der Waals surface area contributed by atoms with Crippen LogP contribution in [0.2, 0.25) is 0 Å². The molecule has 3 fully saturated rings. The zero-order valence-electron chi connectivity index (χ0n) is 13.5. The zero-order chi connectivity index (χ0) is 15.2. The van der Waals surface area contributed by atoms with Crippen molar-refractivity contribution in [1.82, 2.24) is 0 Å². The summed E-state index contributed by atoms with van der Waals surface area (Å²) in [6, 6.07) is 0. The number of aliphatic hydroxyl groups is 3. The van der Waals surface area contributed by atoms with Gasteiger partial charge in [0.25, 0.3) is 0 Å². The van der Waals surface area contributed by atoms with E-state index in [1.165, 1.54) is 0 Å². The second-order valence-electron chi connectivity index (χ2n) is 9.10. The maximum atomic E-state index is 11.2. The first-order valence-electron chi connectivity index (χ1n) is 8.07. The predicted molar refractivity (Wildman–Crippen MR) is 78.2 cm³/mol. The zero-order valence-corrected chi connectivity index (χ0v) is 13.5. The van der Waals surface area contributed by atoms with Gasteiger partial charge in [0, 0.05) is 23.7 Å². The van der Waals surface area contributed by atoms with Crippen LogP contribution in [-0.4, -0.2) is 32.6 Å². The van der Waals surface area contributed by atoms with Crippen molar-refractivity contribution >= 4 is 0 Å². The smallest absolute Gasteiger partial charge is 0.0763 e.